The molecule has 0 radical (unpaired) electrons. The Bertz CT molecular complexity index is 637. The molecule has 1 aromatic rings. The van der Waals surface area contributed by atoms with Crippen LogP contribution in [0, 0.1) is 0 Å². The molecule has 0 heterocycles. The van der Waals surface area contributed by atoms with Gasteiger partial charge in [0.2, 0.25) is 15.9 Å². The van der Waals surface area contributed by atoms with Crippen LogP contribution in [0.3, 0.4) is 0 Å². The normalized spacial score (nSPS) is 15.6. The fourth-order valence-electron chi connectivity index (χ4n) is 2.89. The molecule has 1 amide bonds. The van der Waals surface area contributed by atoms with Crippen molar-refractivity contribution in [1.29, 1.82) is 0 Å². The van der Waals surface area contributed by atoms with Crippen molar-refractivity contribution < 1.29 is 17.9 Å². The summed E-state index contributed by atoms with van der Waals surface area (Å²) in [5.41, 5.74) is 0.859. The van der Waals surface area contributed by atoms with Crippen LogP contribution in [0.5, 0.6) is 5.75 Å². The van der Waals surface area contributed by atoms with Crippen LogP contribution >= 0.6 is 0 Å². The Balaban J connectivity index is 1.91. The van der Waals surface area contributed by atoms with Crippen LogP contribution in [0.4, 0.5) is 0 Å². The molecule has 0 bridgehead atoms. The zero-order chi connectivity index (χ0) is 17.6. The van der Waals surface area contributed by atoms with E-state index in [1.54, 1.807) is 19.2 Å². The van der Waals surface area contributed by atoms with E-state index in [-0.39, 0.29) is 31.5 Å². The summed E-state index contributed by atoms with van der Waals surface area (Å²) in [5.74, 6) is 0.644. The average molecular weight is 354 g/mol. The molecule has 2 rings (SSSR count). The van der Waals surface area contributed by atoms with Crippen molar-refractivity contribution in [2.45, 2.75) is 44.7 Å². The molecule has 24 heavy (non-hydrogen) atoms. The molecule has 0 aliphatic heterocycles. The topological polar surface area (TPSA) is 75.7 Å². The largest absolute Gasteiger partial charge is 0.497 e. The Hall–Kier alpha value is -1.60. The maximum absolute atomic E-state index is 12.0. The lowest BCUT2D eigenvalue weighted by Gasteiger charge is -2.20. The molecule has 1 saturated carbocycles. The number of amides is 1. The number of carbonyl (C=O) groups excluding carboxylic acids is 1. The molecular formula is C17H26N2O4S. The van der Waals surface area contributed by atoms with Gasteiger partial charge in [0.05, 0.1) is 13.4 Å². The van der Waals surface area contributed by atoms with E-state index in [1.807, 2.05) is 12.1 Å². The summed E-state index contributed by atoms with van der Waals surface area (Å²) in [7, 11) is -1.80. The van der Waals surface area contributed by atoms with Crippen LogP contribution < -0.4 is 10.1 Å². The molecule has 1 aliphatic rings. The molecule has 7 heteroatoms. The quantitative estimate of drug-likeness (QED) is 0.774. The van der Waals surface area contributed by atoms with Gasteiger partial charge in [0, 0.05) is 25.6 Å². The van der Waals surface area contributed by atoms with Crippen LogP contribution in [0.2, 0.25) is 0 Å². The molecule has 0 aromatic heterocycles. The predicted octanol–water partition coefficient (Wildman–Crippen LogP) is 1.91. The summed E-state index contributed by atoms with van der Waals surface area (Å²) in [6.07, 6.45) is 5.70. The Morgan fingerprint density at radius 2 is 1.88 bits per heavy atom. The van der Waals surface area contributed by atoms with Gasteiger partial charge >= 0.3 is 0 Å². The van der Waals surface area contributed by atoms with E-state index in [2.05, 4.69) is 5.32 Å². The molecule has 6 nitrogen and oxygen atoms in total. The first kappa shape index (κ1) is 18.7. The number of sulfonamides is 1. The van der Waals surface area contributed by atoms with E-state index >= 15 is 0 Å². The molecule has 1 aliphatic carbocycles. The Labute approximate surface area is 144 Å². The molecule has 0 saturated heterocycles. The summed E-state index contributed by atoms with van der Waals surface area (Å²) < 4.78 is 30.4. The lowest BCUT2D eigenvalue weighted by molar-refractivity contribution is -0.121. The summed E-state index contributed by atoms with van der Waals surface area (Å²) >= 11 is 0. The zero-order valence-electron chi connectivity index (χ0n) is 14.3. The fourth-order valence-corrected chi connectivity index (χ4v) is 3.70. The fraction of sp³-hybridized carbons (Fsp3) is 0.588. The van der Waals surface area contributed by atoms with Crippen molar-refractivity contribution in [3.63, 3.8) is 0 Å². The van der Waals surface area contributed by atoms with Crippen molar-refractivity contribution in [2.24, 2.45) is 0 Å². The smallest absolute Gasteiger partial charge is 0.221 e. The summed E-state index contributed by atoms with van der Waals surface area (Å²) in [5, 5.41) is 2.99. The van der Waals surface area contributed by atoms with Crippen LogP contribution in [0.15, 0.2) is 24.3 Å². The second kappa shape index (κ2) is 8.48. The van der Waals surface area contributed by atoms with Crippen molar-refractivity contribution in [3.05, 3.63) is 29.8 Å². The van der Waals surface area contributed by atoms with Gasteiger partial charge in [0.1, 0.15) is 5.75 Å². The lowest BCUT2D eigenvalue weighted by atomic mass is 10.2. The number of carbonyl (C=O) groups is 1. The third-order valence-corrected chi connectivity index (χ3v) is 5.55. The van der Waals surface area contributed by atoms with Gasteiger partial charge in [-0.3, -0.25) is 4.79 Å². The van der Waals surface area contributed by atoms with Gasteiger partial charge in [0.25, 0.3) is 0 Å². The van der Waals surface area contributed by atoms with Crippen molar-refractivity contribution >= 4 is 15.9 Å². The van der Waals surface area contributed by atoms with E-state index in [1.165, 1.54) is 10.6 Å². The highest BCUT2D eigenvalue weighted by atomic mass is 32.2. The van der Waals surface area contributed by atoms with E-state index in [9.17, 15) is 13.2 Å². The predicted molar refractivity (Wildman–Crippen MR) is 93.3 cm³/mol. The summed E-state index contributed by atoms with van der Waals surface area (Å²) in [4.78, 5) is 12.0. The zero-order valence-corrected chi connectivity index (χ0v) is 15.1. The maximum atomic E-state index is 12.0. The number of methoxy groups -OCH3 is 1. The number of hydrogen-bond acceptors (Lipinski definition) is 4. The summed E-state index contributed by atoms with van der Waals surface area (Å²) in [6, 6.07) is 7.50. The highest BCUT2D eigenvalue weighted by Crippen LogP contribution is 2.18. The van der Waals surface area contributed by atoms with Gasteiger partial charge in [-0.2, -0.15) is 4.31 Å². The third kappa shape index (κ3) is 5.79. The first-order valence-corrected chi connectivity index (χ1v) is 10.1. The Kier molecular flexibility index (Phi) is 6.62. The molecule has 134 valence electrons. The SMILES string of the molecule is COc1ccc(CN(CCC(=O)NC2CCCC2)S(C)(=O)=O)cc1. The van der Waals surface area contributed by atoms with Crippen molar-refractivity contribution in [1.82, 2.24) is 9.62 Å². The molecule has 1 N–H and O–H groups in total. The van der Waals surface area contributed by atoms with E-state index in [4.69, 9.17) is 4.74 Å². The maximum Gasteiger partial charge on any atom is 0.221 e. The minimum absolute atomic E-state index is 0.0784. The van der Waals surface area contributed by atoms with Crippen LogP contribution in [0.25, 0.3) is 0 Å². The molecule has 0 unspecified atom stereocenters. The summed E-state index contributed by atoms with van der Waals surface area (Å²) in [6.45, 7) is 0.433. The van der Waals surface area contributed by atoms with Crippen LogP contribution in [-0.4, -0.2) is 44.6 Å². The minimum atomic E-state index is -3.38. The molecular weight excluding hydrogens is 328 g/mol. The molecule has 1 fully saturated rings. The number of benzene rings is 1. The molecule has 1 aromatic carbocycles. The van der Waals surface area contributed by atoms with E-state index < -0.39 is 10.0 Å². The number of nitrogens with one attached hydrogen (secondary N) is 1. The van der Waals surface area contributed by atoms with Crippen LogP contribution in [0.1, 0.15) is 37.7 Å². The first-order chi connectivity index (χ1) is 11.4. The Morgan fingerprint density at radius 3 is 2.42 bits per heavy atom. The average Bonchev–Trinajstić information content (AvgIpc) is 3.03. The third-order valence-electron chi connectivity index (χ3n) is 4.30. The van der Waals surface area contributed by atoms with Crippen molar-refractivity contribution in [3.8, 4) is 5.75 Å². The second-order valence-electron chi connectivity index (χ2n) is 6.24. The number of ether oxygens (including phenoxy) is 1. The van der Waals surface area contributed by atoms with E-state index in [0.29, 0.717) is 0 Å². The van der Waals surface area contributed by atoms with Gasteiger partial charge in [-0.1, -0.05) is 25.0 Å². The number of nitrogens with zero attached hydrogens (tertiary/aromatic N) is 1. The van der Waals surface area contributed by atoms with Crippen LogP contribution in [-0.2, 0) is 21.4 Å². The number of rotatable bonds is 8. The van der Waals surface area contributed by atoms with Gasteiger partial charge < -0.3 is 10.1 Å². The highest BCUT2D eigenvalue weighted by Gasteiger charge is 2.21. The standard InChI is InChI=1S/C17H26N2O4S/c1-23-16-9-7-14(8-10-16)13-19(24(2,21)22)12-11-17(20)18-15-5-3-4-6-15/h7-10,15H,3-6,11-13H2,1-2H3,(H,18,20). The van der Waals surface area contributed by atoms with E-state index in [0.717, 1.165) is 37.0 Å². The molecule has 0 atom stereocenters. The minimum Gasteiger partial charge on any atom is -0.497 e. The second-order valence-corrected chi connectivity index (χ2v) is 8.23. The van der Waals surface area contributed by atoms with Gasteiger partial charge in [-0.15, -0.1) is 0 Å². The van der Waals surface area contributed by atoms with Gasteiger partial charge in [-0.05, 0) is 30.5 Å². The lowest BCUT2D eigenvalue weighted by Crippen LogP contribution is -2.37. The van der Waals surface area contributed by atoms with Crippen molar-refractivity contribution in [2.75, 3.05) is 19.9 Å². The van der Waals surface area contributed by atoms with Gasteiger partial charge in [-0.25, -0.2) is 8.42 Å². The first-order valence-electron chi connectivity index (χ1n) is 8.26. The van der Waals surface area contributed by atoms with Gasteiger partial charge in [0.15, 0.2) is 0 Å². The monoisotopic (exact) mass is 354 g/mol. The highest BCUT2D eigenvalue weighted by molar-refractivity contribution is 7.88. The Morgan fingerprint density at radius 1 is 1.25 bits per heavy atom. The number of hydrogen-bond donors (Lipinski definition) is 1. The molecule has 0 spiro atoms.